The monoisotopic (exact) mass is 862 g/mol. The lowest BCUT2D eigenvalue weighted by molar-refractivity contribution is -0.319. The van der Waals surface area contributed by atoms with Gasteiger partial charge in [0.05, 0.1) is 73.1 Å². The second kappa shape index (κ2) is 21.4. The van der Waals surface area contributed by atoms with Gasteiger partial charge in [0.15, 0.2) is 18.7 Å². The van der Waals surface area contributed by atoms with Crippen molar-refractivity contribution in [3.8, 4) is 0 Å². The van der Waals surface area contributed by atoms with Gasteiger partial charge in [-0.05, 0) is 81.8 Å². The molecule has 3 heterocycles. The minimum absolute atomic E-state index is 0.0431. The summed E-state index contributed by atoms with van der Waals surface area (Å²) in [6, 6.07) is -0.443. The smallest absolute Gasteiger partial charge is 0.311 e. The Bertz CT molecular complexity index is 1440. The molecule has 0 spiro atoms. The summed E-state index contributed by atoms with van der Waals surface area (Å²) in [4.78, 5) is 55.6. The van der Waals surface area contributed by atoms with Crippen LogP contribution in [-0.2, 0) is 57.1 Å². The highest BCUT2D eigenvalue weighted by Crippen LogP contribution is 2.41. The summed E-state index contributed by atoms with van der Waals surface area (Å²) in [7, 11) is 5.09. The first kappa shape index (κ1) is 52.0. The number of hydrogen-bond donors (Lipinski definition) is 4. The molecule has 0 aromatic heterocycles. The maximum absolute atomic E-state index is 14.3. The largest absolute Gasteiger partial charge is 0.466 e. The second-order valence-electron chi connectivity index (χ2n) is 18.2. The van der Waals surface area contributed by atoms with Gasteiger partial charge in [-0.3, -0.25) is 19.2 Å². The Balaban J connectivity index is 2.22. The number of esters is 3. The average Bonchev–Trinajstić information content (AvgIpc) is 3.17. The van der Waals surface area contributed by atoms with Crippen LogP contribution >= 0.6 is 0 Å². The lowest BCUT2D eigenvalue weighted by atomic mass is 9.74. The van der Waals surface area contributed by atoms with Crippen LogP contribution in [0.25, 0.3) is 0 Å². The summed E-state index contributed by atoms with van der Waals surface area (Å²) in [5.74, 6) is -6.64. The fraction of sp³-hybridized carbons (Fsp3) is 0.907. The van der Waals surface area contributed by atoms with Gasteiger partial charge in [-0.1, -0.05) is 27.7 Å². The lowest BCUT2D eigenvalue weighted by Gasteiger charge is -2.49. The first-order valence-corrected chi connectivity index (χ1v) is 21.5. The molecule has 3 aliphatic rings. The highest BCUT2D eigenvalue weighted by atomic mass is 16.7. The minimum Gasteiger partial charge on any atom is -0.466 e. The Kier molecular flexibility index (Phi) is 18.5. The third-order valence-corrected chi connectivity index (χ3v) is 12.9. The zero-order valence-corrected chi connectivity index (χ0v) is 38.2. The number of aliphatic hydroxyl groups excluding tert-OH is 2. The molecule has 0 unspecified atom stereocenters. The van der Waals surface area contributed by atoms with Crippen molar-refractivity contribution < 1.29 is 77.5 Å². The van der Waals surface area contributed by atoms with E-state index in [1.54, 1.807) is 48.5 Å². The standard InChI is InChI=1S/C43H75NO16/c1-15-29-43(11,52)36(48)24(5)33(47)22(3)20-41(9,51)38(25(6)34(26(7)39(50)57-29)59-32-21-42(10,53-14)37(49)27(8)56-32)60-40-35(28(44(12)13)19-23(4)55-40)58-31(46)18-17-30(45)54-16-2/h22-29,32,34-38,40,48-49,51-52H,15-21H2,1-14H3/t22-,23-,24+,25+,26-,27-,28+,29-,32-,34+,35-,36-,37-,38-,40+,41-,42+,43-/m1/s1. The van der Waals surface area contributed by atoms with Crippen molar-refractivity contribution in [3.05, 3.63) is 0 Å². The number of carbonyl (C=O) groups is 4. The van der Waals surface area contributed by atoms with E-state index in [2.05, 4.69) is 0 Å². The molecule has 18 atom stereocenters. The molecule has 4 N–H and O–H groups in total. The number of cyclic esters (lactones) is 1. The van der Waals surface area contributed by atoms with Gasteiger partial charge in [-0.2, -0.15) is 0 Å². The van der Waals surface area contributed by atoms with E-state index in [9.17, 15) is 39.6 Å². The molecule has 0 aromatic carbocycles. The van der Waals surface area contributed by atoms with Crippen molar-refractivity contribution in [2.45, 2.75) is 199 Å². The summed E-state index contributed by atoms with van der Waals surface area (Å²) in [5, 5.41) is 46.8. The minimum atomic E-state index is -2.04. The zero-order valence-electron chi connectivity index (χ0n) is 38.2. The van der Waals surface area contributed by atoms with Crippen molar-refractivity contribution in [1.29, 1.82) is 0 Å². The van der Waals surface area contributed by atoms with Crippen LogP contribution in [0, 0.1) is 23.7 Å². The quantitative estimate of drug-likeness (QED) is 0.163. The highest BCUT2D eigenvalue weighted by Gasteiger charge is 2.54. The number of methoxy groups -OCH3 is 1. The Morgan fingerprint density at radius 1 is 0.850 bits per heavy atom. The van der Waals surface area contributed by atoms with Crippen LogP contribution in [0.15, 0.2) is 0 Å². The molecule has 17 heteroatoms. The number of hydrogen-bond acceptors (Lipinski definition) is 17. The van der Waals surface area contributed by atoms with E-state index < -0.39 is 132 Å². The molecule has 3 fully saturated rings. The molecule has 3 saturated heterocycles. The number of likely N-dealkylation sites (N-methyl/N-ethyl adjacent to an activating group) is 1. The van der Waals surface area contributed by atoms with Crippen LogP contribution in [0.3, 0.4) is 0 Å². The number of ether oxygens (including phenoxy) is 8. The summed E-state index contributed by atoms with van der Waals surface area (Å²) in [5.41, 5.74) is -5.06. The maximum atomic E-state index is 14.3. The third-order valence-electron chi connectivity index (χ3n) is 12.9. The normalized spacial score (nSPS) is 43.8. The number of carbonyl (C=O) groups excluding carboxylic acids is 4. The van der Waals surface area contributed by atoms with Gasteiger partial charge in [-0.25, -0.2) is 0 Å². The molecule has 0 amide bonds. The number of Topliss-reactive ketones (excluding diaryl/α,β-unsaturated/α-hetero) is 1. The third kappa shape index (κ3) is 12.2. The molecule has 3 aliphatic heterocycles. The topological polar surface area (TPSA) is 226 Å². The van der Waals surface area contributed by atoms with Crippen molar-refractivity contribution >= 4 is 23.7 Å². The molecule has 60 heavy (non-hydrogen) atoms. The van der Waals surface area contributed by atoms with Gasteiger partial charge < -0.3 is 63.2 Å². The van der Waals surface area contributed by atoms with Crippen molar-refractivity contribution in [3.63, 3.8) is 0 Å². The lowest BCUT2D eigenvalue weighted by Crippen LogP contribution is -2.61. The maximum Gasteiger partial charge on any atom is 0.311 e. The average molecular weight is 862 g/mol. The van der Waals surface area contributed by atoms with E-state index in [4.69, 9.17) is 37.9 Å². The molecule has 3 rings (SSSR count). The zero-order chi connectivity index (χ0) is 45.7. The van der Waals surface area contributed by atoms with Crippen molar-refractivity contribution in [2.24, 2.45) is 23.7 Å². The van der Waals surface area contributed by atoms with Gasteiger partial charge in [-0.15, -0.1) is 0 Å². The van der Waals surface area contributed by atoms with Gasteiger partial charge in [0.2, 0.25) is 0 Å². The molecule has 17 nitrogen and oxygen atoms in total. The van der Waals surface area contributed by atoms with Crippen LogP contribution in [0.2, 0.25) is 0 Å². The van der Waals surface area contributed by atoms with Crippen LogP contribution in [-0.4, -0.2) is 161 Å². The van der Waals surface area contributed by atoms with E-state index in [-0.39, 0.29) is 38.7 Å². The predicted molar refractivity (Wildman–Crippen MR) is 216 cm³/mol. The summed E-state index contributed by atoms with van der Waals surface area (Å²) in [6.07, 6.45) is -11.1. The summed E-state index contributed by atoms with van der Waals surface area (Å²) < 4.78 is 48.8. The molecule has 0 radical (unpaired) electrons. The SMILES string of the molecule is CCOC(=O)CCC(=O)O[C@H]1[C@H](O[C@@H]2[C@@H](C)[C@H](O[C@@H]3C[C@](C)(OC)[C@H](O)[C@@H](C)O3)[C@@H](C)C(=O)O[C@H](CC)[C@@](C)(O)[C@H](O)[C@@H](C)C(=O)[C@H](C)C[C@@]2(C)O)O[C@H](C)C[C@@H]1N(C)C. The number of rotatable bonds is 12. The van der Waals surface area contributed by atoms with Gasteiger partial charge >= 0.3 is 17.9 Å². The Morgan fingerprint density at radius 2 is 1.47 bits per heavy atom. The van der Waals surface area contributed by atoms with E-state index in [0.29, 0.717) is 6.42 Å². The first-order valence-electron chi connectivity index (χ1n) is 21.5. The van der Waals surface area contributed by atoms with Crippen LogP contribution in [0.4, 0.5) is 0 Å². The molecular formula is C43H75NO16. The fourth-order valence-electron chi connectivity index (χ4n) is 9.17. The van der Waals surface area contributed by atoms with Gasteiger partial charge in [0.25, 0.3) is 0 Å². The molecule has 0 aliphatic carbocycles. The van der Waals surface area contributed by atoms with Crippen molar-refractivity contribution in [1.82, 2.24) is 4.90 Å². The van der Waals surface area contributed by atoms with E-state index >= 15 is 0 Å². The fourth-order valence-corrected chi connectivity index (χ4v) is 9.17. The number of aliphatic hydroxyl groups is 4. The van der Waals surface area contributed by atoms with E-state index in [1.807, 2.05) is 25.9 Å². The Hall–Kier alpha value is -2.32. The number of ketones is 1. The molecule has 348 valence electrons. The summed E-state index contributed by atoms with van der Waals surface area (Å²) in [6.45, 7) is 17.9. The highest BCUT2D eigenvalue weighted by molar-refractivity contribution is 5.83. The van der Waals surface area contributed by atoms with Crippen LogP contribution in [0.5, 0.6) is 0 Å². The Labute approximate surface area is 356 Å². The number of nitrogens with zero attached hydrogens (tertiary/aromatic N) is 1. The molecule has 0 saturated carbocycles. The van der Waals surface area contributed by atoms with Crippen LogP contribution in [0.1, 0.15) is 115 Å². The van der Waals surface area contributed by atoms with Gasteiger partial charge in [0.1, 0.15) is 23.6 Å². The van der Waals surface area contributed by atoms with E-state index in [0.717, 1.165) is 0 Å². The van der Waals surface area contributed by atoms with E-state index in [1.165, 1.54) is 27.9 Å². The van der Waals surface area contributed by atoms with Crippen LogP contribution < -0.4 is 0 Å². The molecular weight excluding hydrogens is 786 g/mol. The Morgan fingerprint density at radius 3 is 2.03 bits per heavy atom. The second-order valence-corrected chi connectivity index (χ2v) is 18.2. The predicted octanol–water partition coefficient (Wildman–Crippen LogP) is 2.68. The first-order chi connectivity index (χ1) is 27.8. The van der Waals surface area contributed by atoms with Gasteiger partial charge in [0, 0.05) is 31.3 Å². The molecule has 0 aromatic rings. The van der Waals surface area contributed by atoms with Crippen molar-refractivity contribution in [2.75, 3.05) is 27.8 Å². The summed E-state index contributed by atoms with van der Waals surface area (Å²) >= 11 is 0. The molecule has 0 bridgehead atoms.